The van der Waals surface area contributed by atoms with Crippen molar-refractivity contribution in [3.63, 3.8) is 0 Å². The highest BCUT2D eigenvalue weighted by molar-refractivity contribution is 8.27. The smallest absolute Gasteiger partial charge is 0.270 e. The van der Waals surface area contributed by atoms with E-state index in [2.05, 4.69) is 0 Å². The van der Waals surface area contributed by atoms with Crippen molar-refractivity contribution in [2.24, 2.45) is 0 Å². The number of benzene rings is 3. The predicted octanol–water partition coefficient (Wildman–Crippen LogP) is 6.60. The van der Waals surface area contributed by atoms with Gasteiger partial charge in [-0.1, -0.05) is 59.8 Å². The summed E-state index contributed by atoms with van der Waals surface area (Å²) >= 11 is 12.6. The van der Waals surface area contributed by atoms with Gasteiger partial charge in [-0.15, -0.1) is 0 Å². The molecule has 3 aromatic rings. The van der Waals surface area contributed by atoms with Crippen LogP contribution in [0.1, 0.15) is 11.1 Å². The largest absolute Gasteiger partial charge is 0.488 e. The van der Waals surface area contributed by atoms with Crippen molar-refractivity contribution in [2.45, 2.75) is 6.61 Å². The Kier molecular flexibility index (Phi) is 6.36. The maximum Gasteiger partial charge on any atom is 0.270 e. The van der Waals surface area contributed by atoms with Crippen LogP contribution >= 0.6 is 35.6 Å². The summed E-state index contributed by atoms with van der Waals surface area (Å²) in [6.45, 7) is 0.0133. The van der Waals surface area contributed by atoms with Gasteiger partial charge in [0, 0.05) is 16.1 Å². The molecule has 0 saturated carbocycles. The Morgan fingerprint density at radius 3 is 2.65 bits per heavy atom. The minimum atomic E-state index is -0.464. The van der Waals surface area contributed by atoms with Crippen molar-refractivity contribution in [2.75, 3.05) is 4.90 Å². The van der Waals surface area contributed by atoms with Crippen LogP contribution in [0.4, 0.5) is 14.5 Å². The number of amides is 1. The minimum absolute atomic E-state index is 0.0133. The van der Waals surface area contributed by atoms with Crippen molar-refractivity contribution in [1.82, 2.24) is 0 Å². The fourth-order valence-electron chi connectivity index (χ4n) is 2.98. The topological polar surface area (TPSA) is 29.5 Å². The zero-order chi connectivity index (χ0) is 22.0. The Balaban J connectivity index is 1.62. The van der Waals surface area contributed by atoms with E-state index >= 15 is 0 Å². The Bertz CT molecular complexity index is 1220. The van der Waals surface area contributed by atoms with Crippen LogP contribution in [0.15, 0.2) is 71.6 Å². The molecule has 0 aromatic heterocycles. The van der Waals surface area contributed by atoms with Gasteiger partial charge < -0.3 is 4.74 Å². The van der Waals surface area contributed by atoms with Gasteiger partial charge in [-0.25, -0.2) is 8.78 Å². The maximum absolute atomic E-state index is 13.9. The first-order chi connectivity index (χ1) is 14.9. The second kappa shape index (κ2) is 9.18. The lowest BCUT2D eigenvalue weighted by Gasteiger charge is -2.14. The molecule has 3 nitrogen and oxygen atoms in total. The van der Waals surface area contributed by atoms with Gasteiger partial charge in [-0.2, -0.15) is 0 Å². The molecule has 156 valence electrons. The van der Waals surface area contributed by atoms with Gasteiger partial charge in [0.1, 0.15) is 24.0 Å². The number of thioether (sulfide) groups is 1. The first kappa shape index (κ1) is 21.5. The van der Waals surface area contributed by atoms with Gasteiger partial charge in [0.2, 0.25) is 0 Å². The van der Waals surface area contributed by atoms with Gasteiger partial charge in [-0.05, 0) is 48.5 Å². The summed E-state index contributed by atoms with van der Waals surface area (Å²) in [5.41, 5.74) is 1.30. The molecule has 1 saturated heterocycles. The monoisotopic (exact) mass is 473 g/mol. The van der Waals surface area contributed by atoms with E-state index in [1.807, 2.05) is 0 Å². The fraction of sp³-hybridized carbons (Fsp3) is 0.0435. The number of thiocarbonyl (C=S) groups is 1. The van der Waals surface area contributed by atoms with Crippen molar-refractivity contribution >= 4 is 57.6 Å². The second-order valence-electron chi connectivity index (χ2n) is 6.56. The molecule has 1 aliphatic rings. The Morgan fingerprint density at radius 2 is 1.87 bits per heavy atom. The number of nitrogens with zero attached hydrogens (tertiary/aromatic N) is 1. The molecule has 0 spiro atoms. The van der Waals surface area contributed by atoms with Crippen LogP contribution in [0.2, 0.25) is 5.02 Å². The summed E-state index contributed by atoms with van der Waals surface area (Å²) in [5.74, 6) is -0.771. The van der Waals surface area contributed by atoms with Crippen LogP contribution in [0.3, 0.4) is 0 Å². The average Bonchev–Trinajstić information content (AvgIpc) is 3.01. The molecule has 0 N–H and O–H groups in total. The molecule has 1 amide bonds. The number of ether oxygens (including phenoxy) is 1. The van der Waals surface area contributed by atoms with Crippen LogP contribution < -0.4 is 9.64 Å². The van der Waals surface area contributed by atoms with E-state index in [0.717, 1.165) is 11.8 Å². The van der Waals surface area contributed by atoms with Gasteiger partial charge in [0.05, 0.1) is 10.6 Å². The Labute approximate surface area is 192 Å². The highest BCUT2D eigenvalue weighted by Gasteiger charge is 2.33. The van der Waals surface area contributed by atoms with Crippen molar-refractivity contribution in [3.8, 4) is 5.75 Å². The molecule has 8 heteroatoms. The minimum Gasteiger partial charge on any atom is -0.488 e. The zero-order valence-electron chi connectivity index (χ0n) is 15.8. The number of carbonyl (C=O) groups is 1. The number of anilines is 1. The van der Waals surface area contributed by atoms with E-state index in [4.69, 9.17) is 28.6 Å². The number of hydrogen-bond acceptors (Lipinski definition) is 4. The highest BCUT2D eigenvalue weighted by atomic mass is 35.5. The molecule has 1 fully saturated rings. The van der Waals surface area contributed by atoms with Crippen molar-refractivity contribution in [3.05, 3.63) is 99.4 Å². The molecule has 4 rings (SSSR count). The Hall–Kier alpha value is -2.74. The number of rotatable bonds is 5. The van der Waals surface area contributed by atoms with Crippen LogP contribution in [0.25, 0.3) is 6.08 Å². The molecule has 0 bridgehead atoms. The third kappa shape index (κ3) is 4.79. The van der Waals surface area contributed by atoms with Crippen molar-refractivity contribution < 1.29 is 18.3 Å². The fourth-order valence-corrected chi connectivity index (χ4v) is 4.45. The first-order valence-corrected chi connectivity index (χ1v) is 10.7. The van der Waals surface area contributed by atoms with Crippen LogP contribution in [0, 0.1) is 11.6 Å². The summed E-state index contributed by atoms with van der Waals surface area (Å²) < 4.78 is 33.6. The average molecular weight is 474 g/mol. The van der Waals surface area contributed by atoms with E-state index in [1.165, 1.54) is 29.2 Å². The second-order valence-corrected chi connectivity index (χ2v) is 8.67. The van der Waals surface area contributed by atoms with Crippen LogP contribution in [-0.4, -0.2) is 10.2 Å². The van der Waals surface area contributed by atoms with Crippen LogP contribution in [0.5, 0.6) is 5.75 Å². The molecule has 31 heavy (non-hydrogen) atoms. The van der Waals surface area contributed by atoms with Crippen molar-refractivity contribution in [1.29, 1.82) is 0 Å². The summed E-state index contributed by atoms with van der Waals surface area (Å²) in [6, 6.07) is 16.9. The summed E-state index contributed by atoms with van der Waals surface area (Å²) in [7, 11) is 0. The molecule has 3 aromatic carbocycles. The lowest BCUT2D eigenvalue weighted by Crippen LogP contribution is -2.27. The standard InChI is InChI=1S/C23H14ClF2NO2S2/c24-16-8-9-20(29-13-14-4-1-2-7-19(14)26)15(10-16)11-21-22(28)27(23(30)31-21)18-6-3-5-17(25)12-18/h1-12H,13H2/b21-11-. The molecule has 1 aliphatic heterocycles. The number of halogens is 3. The van der Waals surface area contributed by atoms with E-state index in [1.54, 1.807) is 48.5 Å². The quantitative estimate of drug-likeness (QED) is 0.308. The lowest BCUT2D eigenvalue weighted by atomic mass is 10.1. The van der Waals surface area contributed by atoms with E-state index in [-0.39, 0.29) is 22.7 Å². The summed E-state index contributed by atoms with van der Waals surface area (Å²) in [4.78, 5) is 14.6. The predicted molar refractivity (Wildman–Crippen MR) is 124 cm³/mol. The SMILES string of the molecule is O=C1/C(=C/c2cc(Cl)ccc2OCc2ccccc2F)SC(=S)N1c1cccc(F)c1. The zero-order valence-corrected chi connectivity index (χ0v) is 18.2. The van der Waals surface area contributed by atoms with Crippen LogP contribution in [-0.2, 0) is 11.4 Å². The van der Waals surface area contributed by atoms with Gasteiger partial charge >= 0.3 is 0 Å². The number of carbonyl (C=O) groups excluding carboxylic acids is 1. The molecule has 0 aliphatic carbocycles. The molecule has 0 unspecified atom stereocenters. The van der Waals surface area contributed by atoms with E-state index in [9.17, 15) is 13.6 Å². The lowest BCUT2D eigenvalue weighted by molar-refractivity contribution is -0.113. The first-order valence-electron chi connectivity index (χ1n) is 9.11. The number of hydrogen-bond donors (Lipinski definition) is 0. The molecule has 0 radical (unpaired) electrons. The Morgan fingerprint density at radius 1 is 1.06 bits per heavy atom. The van der Waals surface area contributed by atoms with E-state index in [0.29, 0.717) is 32.5 Å². The molecule has 0 atom stereocenters. The molecular weight excluding hydrogens is 460 g/mol. The van der Waals surface area contributed by atoms with Gasteiger partial charge in [0.15, 0.2) is 4.32 Å². The molecule has 1 heterocycles. The van der Waals surface area contributed by atoms with Gasteiger partial charge in [-0.3, -0.25) is 9.69 Å². The third-order valence-electron chi connectivity index (χ3n) is 4.46. The highest BCUT2D eigenvalue weighted by Crippen LogP contribution is 2.38. The third-order valence-corrected chi connectivity index (χ3v) is 6.00. The van der Waals surface area contributed by atoms with E-state index < -0.39 is 5.82 Å². The summed E-state index contributed by atoms with van der Waals surface area (Å²) in [6.07, 6.45) is 1.61. The molecular formula is C23H14ClF2NO2S2. The van der Waals surface area contributed by atoms with Gasteiger partial charge in [0.25, 0.3) is 5.91 Å². The maximum atomic E-state index is 13.9. The summed E-state index contributed by atoms with van der Waals surface area (Å²) in [5, 5.41) is 0.449. The normalized spacial score (nSPS) is 15.1.